The summed E-state index contributed by atoms with van der Waals surface area (Å²) in [6.45, 7) is 5.12. The van der Waals surface area contributed by atoms with Crippen molar-refractivity contribution in [2.75, 3.05) is 22.6 Å². The van der Waals surface area contributed by atoms with Gasteiger partial charge in [-0.1, -0.05) is 6.07 Å². The first kappa shape index (κ1) is 18.5. The van der Waals surface area contributed by atoms with Crippen LogP contribution < -0.4 is 16.0 Å². The van der Waals surface area contributed by atoms with Crippen molar-refractivity contribution in [3.63, 3.8) is 0 Å². The van der Waals surface area contributed by atoms with Crippen LogP contribution in [0.25, 0.3) is 0 Å². The number of nitrogens with zero attached hydrogens (tertiary/aromatic N) is 2. The van der Waals surface area contributed by atoms with Gasteiger partial charge in [0.15, 0.2) is 0 Å². The summed E-state index contributed by atoms with van der Waals surface area (Å²) in [6, 6.07) is 8.31. The zero-order chi connectivity index (χ0) is 18.4. The van der Waals surface area contributed by atoms with Crippen LogP contribution in [-0.2, 0) is 9.59 Å². The molecule has 2 amide bonds. The highest BCUT2D eigenvalue weighted by Gasteiger charge is 2.16. The monoisotopic (exact) mass is 345 g/mol. The van der Waals surface area contributed by atoms with Crippen LogP contribution in [0, 0.1) is 0 Å². The Kier molecular flexibility index (Phi) is 6.13. The summed E-state index contributed by atoms with van der Waals surface area (Å²) in [4.78, 5) is 23.6. The minimum atomic E-state index is -0.583. The number of aromatic nitrogens is 2. The van der Waals surface area contributed by atoms with Gasteiger partial charge in [0, 0.05) is 23.5 Å². The molecular formula is C17H23N5O3. The van der Waals surface area contributed by atoms with Gasteiger partial charge in [0.05, 0.1) is 6.20 Å². The number of anilines is 3. The molecule has 1 heterocycles. The van der Waals surface area contributed by atoms with E-state index in [0.29, 0.717) is 17.2 Å². The Bertz CT molecular complexity index is 741. The minimum Gasteiger partial charge on any atom is -0.387 e. The van der Waals surface area contributed by atoms with Gasteiger partial charge in [-0.3, -0.25) is 9.59 Å². The minimum absolute atomic E-state index is 0.139. The summed E-state index contributed by atoms with van der Waals surface area (Å²) in [5.41, 5.74) is 1.21. The van der Waals surface area contributed by atoms with E-state index in [2.05, 4.69) is 21.0 Å². The van der Waals surface area contributed by atoms with Crippen molar-refractivity contribution in [1.82, 2.24) is 9.78 Å². The van der Waals surface area contributed by atoms with Crippen LogP contribution in [0.5, 0.6) is 0 Å². The zero-order valence-corrected chi connectivity index (χ0v) is 14.5. The molecule has 4 N–H and O–H groups in total. The zero-order valence-electron chi connectivity index (χ0n) is 14.5. The molecule has 0 aliphatic carbocycles. The summed E-state index contributed by atoms with van der Waals surface area (Å²) in [5, 5.41) is 21.4. The van der Waals surface area contributed by atoms with E-state index in [-0.39, 0.29) is 11.9 Å². The first-order valence-electron chi connectivity index (χ1n) is 8.02. The van der Waals surface area contributed by atoms with E-state index in [1.54, 1.807) is 48.1 Å². The first-order chi connectivity index (χ1) is 11.9. The molecule has 1 unspecified atom stereocenters. The van der Waals surface area contributed by atoms with Crippen LogP contribution >= 0.6 is 0 Å². The standard InChI is InChI=1S/C17H23N5O3/c1-11(2)22-15(7-8-18-22)21-17(25)12(3)19-13-5-4-6-14(9-13)20-16(24)10-23/h4-9,11-12,19,23H,10H2,1-3H3,(H,20,24)(H,21,25). The molecule has 0 bridgehead atoms. The van der Waals surface area contributed by atoms with Gasteiger partial charge in [0.2, 0.25) is 11.8 Å². The molecule has 0 aliphatic rings. The van der Waals surface area contributed by atoms with Gasteiger partial charge in [-0.2, -0.15) is 5.10 Å². The topological polar surface area (TPSA) is 108 Å². The van der Waals surface area contributed by atoms with Crippen LogP contribution in [0.3, 0.4) is 0 Å². The number of hydrogen-bond donors (Lipinski definition) is 4. The Balaban J connectivity index is 2.00. The highest BCUT2D eigenvalue weighted by Crippen LogP contribution is 2.17. The number of hydrogen-bond acceptors (Lipinski definition) is 5. The molecule has 0 radical (unpaired) electrons. The largest absolute Gasteiger partial charge is 0.387 e. The van der Waals surface area contributed by atoms with Crippen LogP contribution in [0.15, 0.2) is 36.5 Å². The maximum Gasteiger partial charge on any atom is 0.250 e. The van der Waals surface area contributed by atoms with E-state index in [4.69, 9.17) is 5.11 Å². The van der Waals surface area contributed by atoms with Gasteiger partial charge in [0.1, 0.15) is 18.5 Å². The highest BCUT2D eigenvalue weighted by molar-refractivity contribution is 5.96. The summed E-state index contributed by atoms with van der Waals surface area (Å²) < 4.78 is 1.73. The third kappa shape index (κ3) is 5.05. The Morgan fingerprint density at radius 1 is 1.16 bits per heavy atom. The number of rotatable bonds is 7. The average Bonchev–Trinajstić information content (AvgIpc) is 3.03. The second kappa shape index (κ2) is 8.29. The van der Waals surface area contributed by atoms with Crippen molar-refractivity contribution in [3.05, 3.63) is 36.5 Å². The SMILES string of the molecule is CC(Nc1cccc(NC(=O)CO)c1)C(=O)Nc1ccnn1C(C)C. The second-order valence-electron chi connectivity index (χ2n) is 5.90. The van der Waals surface area contributed by atoms with Crippen LogP contribution in [-0.4, -0.2) is 39.4 Å². The fourth-order valence-corrected chi connectivity index (χ4v) is 2.26. The van der Waals surface area contributed by atoms with E-state index >= 15 is 0 Å². The van der Waals surface area contributed by atoms with Gasteiger partial charge >= 0.3 is 0 Å². The average molecular weight is 345 g/mol. The molecular weight excluding hydrogens is 322 g/mol. The van der Waals surface area contributed by atoms with Crippen LogP contribution in [0.2, 0.25) is 0 Å². The van der Waals surface area contributed by atoms with Crippen molar-refractivity contribution >= 4 is 29.0 Å². The number of aliphatic hydroxyl groups is 1. The quantitative estimate of drug-likeness (QED) is 0.612. The lowest BCUT2D eigenvalue weighted by Crippen LogP contribution is -2.32. The lowest BCUT2D eigenvalue weighted by molar-refractivity contribution is -0.119. The Morgan fingerprint density at radius 2 is 1.88 bits per heavy atom. The van der Waals surface area contributed by atoms with Gasteiger partial charge < -0.3 is 21.1 Å². The molecule has 0 saturated carbocycles. The number of nitrogens with one attached hydrogen (secondary N) is 3. The van der Waals surface area contributed by atoms with E-state index in [0.717, 1.165) is 0 Å². The number of aliphatic hydroxyl groups excluding tert-OH is 1. The first-order valence-corrected chi connectivity index (χ1v) is 8.02. The summed E-state index contributed by atoms with van der Waals surface area (Å²) >= 11 is 0. The lowest BCUT2D eigenvalue weighted by Gasteiger charge is -2.17. The van der Waals surface area contributed by atoms with Crippen molar-refractivity contribution in [2.24, 2.45) is 0 Å². The Labute approximate surface area is 146 Å². The number of carbonyl (C=O) groups is 2. The van der Waals surface area contributed by atoms with Gasteiger partial charge in [0.25, 0.3) is 0 Å². The van der Waals surface area contributed by atoms with Gasteiger partial charge in [-0.15, -0.1) is 0 Å². The normalized spacial score (nSPS) is 11.9. The fraction of sp³-hybridized carbons (Fsp3) is 0.353. The number of amides is 2. The Morgan fingerprint density at radius 3 is 2.56 bits per heavy atom. The number of carbonyl (C=O) groups excluding carboxylic acids is 2. The summed E-state index contributed by atoms with van der Waals surface area (Å²) in [7, 11) is 0. The maximum atomic E-state index is 12.4. The smallest absolute Gasteiger partial charge is 0.250 e. The Hall–Kier alpha value is -2.87. The molecule has 1 atom stereocenters. The van der Waals surface area contributed by atoms with E-state index in [9.17, 15) is 9.59 Å². The van der Waals surface area contributed by atoms with E-state index < -0.39 is 18.6 Å². The molecule has 2 rings (SSSR count). The molecule has 25 heavy (non-hydrogen) atoms. The molecule has 2 aromatic rings. The molecule has 8 nitrogen and oxygen atoms in total. The maximum absolute atomic E-state index is 12.4. The van der Waals surface area contributed by atoms with E-state index in [1.165, 1.54) is 0 Å². The predicted octanol–water partition coefficient (Wildman–Crippen LogP) is 1.83. The van der Waals surface area contributed by atoms with Crippen molar-refractivity contribution < 1.29 is 14.7 Å². The summed E-state index contributed by atoms with van der Waals surface area (Å²) in [6.07, 6.45) is 1.64. The lowest BCUT2D eigenvalue weighted by atomic mass is 10.2. The fourth-order valence-electron chi connectivity index (χ4n) is 2.26. The van der Waals surface area contributed by atoms with Crippen molar-refractivity contribution in [1.29, 1.82) is 0 Å². The molecule has 0 fully saturated rings. The molecule has 0 aliphatic heterocycles. The molecule has 1 aromatic heterocycles. The van der Waals surface area contributed by atoms with Crippen LogP contribution in [0.4, 0.5) is 17.2 Å². The third-order valence-corrected chi connectivity index (χ3v) is 3.48. The molecule has 8 heteroatoms. The molecule has 1 aromatic carbocycles. The number of benzene rings is 1. The van der Waals surface area contributed by atoms with Crippen LogP contribution in [0.1, 0.15) is 26.8 Å². The van der Waals surface area contributed by atoms with Crippen molar-refractivity contribution in [3.8, 4) is 0 Å². The van der Waals surface area contributed by atoms with Gasteiger partial charge in [-0.05, 0) is 39.0 Å². The third-order valence-electron chi connectivity index (χ3n) is 3.48. The second-order valence-corrected chi connectivity index (χ2v) is 5.90. The molecule has 0 saturated heterocycles. The van der Waals surface area contributed by atoms with E-state index in [1.807, 2.05) is 13.8 Å². The molecule has 0 spiro atoms. The summed E-state index contributed by atoms with van der Waals surface area (Å²) in [5.74, 6) is -0.0605. The predicted molar refractivity (Wildman–Crippen MR) is 96.5 cm³/mol. The van der Waals surface area contributed by atoms with Crippen molar-refractivity contribution in [2.45, 2.75) is 32.9 Å². The highest BCUT2D eigenvalue weighted by atomic mass is 16.3. The molecule has 134 valence electrons. The van der Waals surface area contributed by atoms with Gasteiger partial charge in [-0.25, -0.2) is 4.68 Å².